The highest BCUT2D eigenvalue weighted by atomic mass is 35.5. The van der Waals surface area contributed by atoms with Gasteiger partial charge in [0.15, 0.2) is 0 Å². The topological polar surface area (TPSA) is 46.3 Å². The molecule has 0 atom stereocenters. The van der Waals surface area contributed by atoms with E-state index in [1.165, 1.54) is 6.07 Å². The molecule has 0 aliphatic carbocycles. The molecule has 5 heteroatoms. The molecule has 0 unspecified atom stereocenters. The van der Waals surface area contributed by atoms with E-state index in [2.05, 4.69) is 0 Å². The maximum Gasteiger partial charge on any atom is 0.256 e. The first-order valence-electron chi connectivity index (χ1n) is 7.41. The quantitative estimate of drug-likeness (QED) is 0.880. The molecule has 3 nitrogen and oxygen atoms in total. The van der Waals surface area contributed by atoms with Crippen molar-refractivity contribution in [1.29, 1.82) is 0 Å². The van der Waals surface area contributed by atoms with Gasteiger partial charge in [-0.15, -0.1) is 12.4 Å². The standard InChI is InChI=1S/C18H21FN2O.ClH/c1-14-7-8-17(19)16(13-14)18(22)21(12-10-20)11-9-15-5-3-2-4-6-15;/h2-8,13H,9-12,20H2,1H3;1H. The van der Waals surface area contributed by atoms with Crippen LogP contribution < -0.4 is 5.73 Å². The fourth-order valence-corrected chi connectivity index (χ4v) is 2.35. The molecule has 2 N–H and O–H groups in total. The number of rotatable bonds is 6. The van der Waals surface area contributed by atoms with Gasteiger partial charge >= 0.3 is 0 Å². The van der Waals surface area contributed by atoms with Gasteiger partial charge in [0.05, 0.1) is 5.56 Å². The molecule has 0 aromatic heterocycles. The van der Waals surface area contributed by atoms with Gasteiger partial charge in [0, 0.05) is 19.6 Å². The third-order valence-corrected chi connectivity index (χ3v) is 3.55. The number of amides is 1. The van der Waals surface area contributed by atoms with Crippen LogP contribution in [0.1, 0.15) is 21.5 Å². The van der Waals surface area contributed by atoms with Crippen LogP contribution in [0.5, 0.6) is 0 Å². The van der Waals surface area contributed by atoms with Gasteiger partial charge in [-0.1, -0.05) is 42.0 Å². The van der Waals surface area contributed by atoms with E-state index in [9.17, 15) is 9.18 Å². The fourth-order valence-electron chi connectivity index (χ4n) is 2.35. The summed E-state index contributed by atoms with van der Waals surface area (Å²) >= 11 is 0. The maximum absolute atomic E-state index is 13.9. The molecule has 2 aromatic carbocycles. The number of nitrogens with two attached hydrogens (primary N) is 1. The normalized spacial score (nSPS) is 10.0. The second kappa shape index (κ2) is 9.28. The number of hydrogen-bond donors (Lipinski definition) is 1. The lowest BCUT2D eigenvalue weighted by Gasteiger charge is -2.22. The van der Waals surface area contributed by atoms with Crippen LogP contribution in [0.2, 0.25) is 0 Å². The summed E-state index contributed by atoms with van der Waals surface area (Å²) in [5.41, 5.74) is 7.71. The number of nitrogens with zero attached hydrogens (tertiary/aromatic N) is 1. The Morgan fingerprint density at radius 2 is 1.83 bits per heavy atom. The van der Waals surface area contributed by atoms with Crippen LogP contribution in [0, 0.1) is 12.7 Å². The molecule has 0 spiro atoms. The van der Waals surface area contributed by atoms with E-state index in [0.717, 1.165) is 17.5 Å². The highest BCUT2D eigenvalue weighted by Crippen LogP contribution is 2.13. The van der Waals surface area contributed by atoms with Crippen molar-refractivity contribution in [2.75, 3.05) is 19.6 Å². The minimum atomic E-state index is -0.489. The predicted octanol–water partition coefficient (Wildman–Crippen LogP) is 3.20. The van der Waals surface area contributed by atoms with Crippen molar-refractivity contribution in [3.63, 3.8) is 0 Å². The Morgan fingerprint density at radius 3 is 2.48 bits per heavy atom. The molecule has 1 amide bonds. The van der Waals surface area contributed by atoms with Crippen molar-refractivity contribution < 1.29 is 9.18 Å². The van der Waals surface area contributed by atoms with Crippen molar-refractivity contribution in [2.24, 2.45) is 5.73 Å². The Morgan fingerprint density at radius 1 is 1.13 bits per heavy atom. The summed E-state index contributed by atoms with van der Waals surface area (Å²) < 4.78 is 13.9. The first-order valence-corrected chi connectivity index (χ1v) is 7.41. The number of carbonyl (C=O) groups is 1. The molecule has 0 saturated heterocycles. The Balaban J connectivity index is 0.00000264. The van der Waals surface area contributed by atoms with Crippen LogP contribution in [0.15, 0.2) is 48.5 Å². The lowest BCUT2D eigenvalue weighted by molar-refractivity contribution is 0.0757. The predicted molar refractivity (Wildman–Crippen MR) is 93.5 cm³/mol. The molecule has 2 rings (SSSR count). The van der Waals surface area contributed by atoms with Crippen LogP contribution in [-0.4, -0.2) is 30.4 Å². The molecular weight excluding hydrogens is 315 g/mol. The SMILES string of the molecule is Cc1ccc(F)c(C(=O)N(CCN)CCc2ccccc2)c1.Cl. The molecular formula is C18H22ClFN2O. The smallest absolute Gasteiger partial charge is 0.256 e. The monoisotopic (exact) mass is 336 g/mol. The summed E-state index contributed by atoms with van der Waals surface area (Å²) in [6, 6.07) is 14.5. The van der Waals surface area contributed by atoms with Crippen LogP contribution in [0.4, 0.5) is 4.39 Å². The van der Waals surface area contributed by atoms with Gasteiger partial charge in [0.2, 0.25) is 0 Å². The number of aryl methyl sites for hydroxylation is 1. The van der Waals surface area contributed by atoms with Crippen molar-refractivity contribution in [1.82, 2.24) is 4.90 Å². The molecule has 0 heterocycles. The number of benzene rings is 2. The molecule has 23 heavy (non-hydrogen) atoms. The minimum Gasteiger partial charge on any atom is -0.337 e. The molecule has 124 valence electrons. The lowest BCUT2D eigenvalue weighted by Crippen LogP contribution is -2.37. The van der Waals surface area contributed by atoms with Gasteiger partial charge in [-0.2, -0.15) is 0 Å². The zero-order valence-corrected chi connectivity index (χ0v) is 14.0. The fraction of sp³-hybridized carbons (Fsp3) is 0.278. The van der Waals surface area contributed by atoms with E-state index in [0.29, 0.717) is 19.6 Å². The zero-order valence-electron chi connectivity index (χ0n) is 13.2. The second-order valence-electron chi connectivity index (χ2n) is 5.30. The van der Waals surface area contributed by atoms with E-state index < -0.39 is 5.82 Å². The van der Waals surface area contributed by atoms with E-state index in [4.69, 9.17) is 5.73 Å². The van der Waals surface area contributed by atoms with Gasteiger partial charge < -0.3 is 10.6 Å². The highest BCUT2D eigenvalue weighted by Gasteiger charge is 2.18. The van der Waals surface area contributed by atoms with E-state index in [1.54, 1.807) is 17.0 Å². The lowest BCUT2D eigenvalue weighted by atomic mass is 10.1. The van der Waals surface area contributed by atoms with Crippen molar-refractivity contribution in [3.8, 4) is 0 Å². The average Bonchev–Trinajstić information content (AvgIpc) is 2.54. The summed E-state index contributed by atoms with van der Waals surface area (Å²) in [5.74, 6) is -0.792. The third-order valence-electron chi connectivity index (χ3n) is 3.55. The van der Waals surface area contributed by atoms with Gasteiger partial charge in [-0.3, -0.25) is 4.79 Å². The minimum absolute atomic E-state index is 0. The van der Waals surface area contributed by atoms with Crippen molar-refractivity contribution >= 4 is 18.3 Å². The Kier molecular flexibility index (Phi) is 7.72. The number of halogens is 2. The van der Waals surface area contributed by atoms with Crippen LogP contribution in [0.25, 0.3) is 0 Å². The molecule has 0 bridgehead atoms. The van der Waals surface area contributed by atoms with Gasteiger partial charge in [-0.25, -0.2) is 4.39 Å². The van der Waals surface area contributed by atoms with Crippen LogP contribution >= 0.6 is 12.4 Å². The maximum atomic E-state index is 13.9. The Hall–Kier alpha value is -1.91. The summed E-state index contributed by atoms with van der Waals surface area (Å²) in [5, 5.41) is 0. The Labute approximate surface area is 142 Å². The first-order chi connectivity index (χ1) is 10.6. The molecule has 0 radical (unpaired) electrons. The summed E-state index contributed by atoms with van der Waals surface area (Å²) in [7, 11) is 0. The summed E-state index contributed by atoms with van der Waals surface area (Å²) in [6.07, 6.45) is 0.722. The van der Waals surface area contributed by atoms with E-state index in [1.807, 2.05) is 37.3 Å². The molecule has 0 fully saturated rings. The average molecular weight is 337 g/mol. The number of hydrogen-bond acceptors (Lipinski definition) is 2. The van der Waals surface area contributed by atoms with Gasteiger partial charge in [0.25, 0.3) is 5.91 Å². The third kappa shape index (κ3) is 5.34. The summed E-state index contributed by atoms with van der Waals surface area (Å²) in [6.45, 7) is 3.13. The van der Waals surface area contributed by atoms with Crippen LogP contribution in [0.3, 0.4) is 0 Å². The van der Waals surface area contributed by atoms with E-state index >= 15 is 0 Å². The van der Waals surface area contributed by atoms with Gasteiger partial charge in [0.1, 0.15) is 5.82 Å². The molecule has 0 aliphatic heterocycles. The molecule has 0 aliphatic rings. The van der Waals surface area contributed by atoms with Crippen molar-refractivity contribution in [3.05, 3.63) is 71.0 Å². The van der Waals surface area contributed by atoms with Crippen molar-refractivity contribution in [2.45, 2.75) is 13.3 Å². The van der Waals surface area contributed by atoms with Gasteiger partial charge in [-0.05, 0) is 31.0 Å². The van der Waals surface area contributed by atoms with Crippen LogP contribution in [-0.2, 0) is 6.42 Å². The highest BCUT2D eigenvalue weighted by molar-refractivity contribution is 5.94. The molecule has 2 aromatic rings. The first kappa shape index (κ1) is 19.1. The zero-order chi connectivity index (χ0) is 15.9. The largest absolute Gasteiger partial charge is 0.337 e. The van der Waals surface area contributed by atoms with E-state index in [-0.39, 0.29) is 23.9 Å². The molecule has 0 saturated carbocycles. The Bertz CT molecular complexity index is 634. The summed E-state index contributed by atoms with van der Waals surface area (Å²) in [4.78, 5) is 14.2. The second-order valence-corrected chi connectivity index (χ2v) is 5.30. The number of carbonyl (C=O) groups excluding carboxylic acids is 1.